The summed E-state index contributed by atoms with van der Waals surface area (Å²) < 4.78 is 31.9. The number of rotatable bonds is 7. The van der Waals surface area contributed by atoms with E-state index in [1.807, 2.05) is 0 Å². The number of halogens is 3. The van der Waals surface area contributed by atoms with Gasteiger partial charge in [0.25, 0.3) is 17.0 Å². The second-order valence-electron chi connectivity index (χ2n) is 8.78. The first-order chi connectivity index (χ1) is 18.3. The minimum absolute atomic E-state index is 0.0275. The average Bonchev–Trinajstić information content (AvgIpc) is 3.25. The highest BCUT2D eigenvalue weighted by Gasteiger charge is 2.13. The van der Waals surface area contributed by atoms with Crippen molar-refractivity contribution in [2.24, 2.45) is 0 Å². The molecule has 0 aliphatic rings. The number of hydrogen-bond donors (Lipinski definition) is 2. The van der Waals surface area contributed by atoms with Gasteiger partial charge in [0.15, 0.2) is 0 Å². The van der Waals surface area contributed by atoms with Gasteiger partial charge in [-0.25, -0.2) is 8.78 Å². The Morgan fingerprint density at radius 2 is 1.68 bits per heavy atom. The summed E-state index contributed by atoms with van der Waals surface area (Å²) in [7, 11) is 0. The van der Waals surface area contributed by atoms with Crippen molar-refractivity contribution in [1.82, 2.24) is 19.4 Å². The molecular weight excluding hydrogens is 514 g/mol. The molecule has 192 valence electrons. The minimum atomic E-state index is -0.512. The molecule has 0 bridgehead atoms. The summed E-state index contributed by atoms with van der Waals surface area (Å²) in [5, 5.41) is 3.73. The molecule has 0 fully saturated rings. The van der Waals surface area contributed by atoms with Crippen LogP contribution in [0.5, 0.6) is 0 Å². The van der Waals surface area contributed by atoms with Gasteiger partial charge in [-0.3, -0.25) is 14.4 Å². The van der Waals surface area contributed by atoms with Gasteiger partial charge in [0.2, 0.25) is 0 Å². The third-order valence-corrected chi connectivity index (χ3v) is 6.51. The minimum Gasteiger partial charge on any atom is -0.360 e. The van der Waals surface area contributed by atoms with E-state index < -0.39 is 17.5 Å². The van der Waals surface area contributed by atoms with E-state index in [0.29, 0.717) is 27.1 Å². The molecule has 1 amide bonds. The Bertz CT molecular complexity index is 1790. The van der Waals surface area contributed by atoms with Crippen molar-refractivity contribution >= 4 is 28.4 Å². The third-order valence-electron chi connectivity index (χ3n) is 6.19. The Morgan fingerprint density at radius 3 is 2.47 bits per heavy atom. The van der Waals surface area contributed by atoms with Crippen LogP contribution in [0.1, 0.15) is 27.0 Å². The Balaban J connectivity index is 1.30. The van der Waals surface area contributed by atoms with E-state index in [9.17, 15) is 23.2 Å². The Morgan fingerprint density at radius 1 is 0.895 bits per heavy atom. The second kappa shape index (κ2) is 10.5. The number of fused-ring (bicyclic) bond motifs is 1. The smallest absolute Gasteiger partial charge is 0.253 e. The van der Waals surface area contributed by atoms with Crippen LogP contribution in [0.2, 0.25) is 5.02 Å². The maximum absolute atomic E-state index is 14.8. The quantitative estimate of drug-likeness (QED) is 0.323. The van der Waals surface area contributed by atoms with Gasteiger partial charge in [-0.05, 0) is 35.9 Å². The number of aromatic amines is 1. The molecule has 0 atom stereocenters. The average molecular weight is 535 g/mol. The number of carbonyl (C=O) groups is 1. The fraction of sp³-hybridized carbons (Fsp3) is 0.107. The Kier molecular flexibility index (Phi) is 6.93. The summed E-state index contributed by atoms with van der Waals surface area (Å²) in [6.07, 6.45) is 4.50. The van der Waals surface area contributed by atoms with Crippen LogP contribution in [0.25, 0.3) is 10.9 Å². The summed E-state index contributed by atoms with van der Waals surface area (Å²) in [6, 6.07) is 14.7. The van der Waals surface area contributed by atoms with E-state index in [1.54, 1.807) is 42.7 Å². The number of hydrogen-bond acceptors (Lipinski definition) is 3. The van der Waals surface area contributed by atoms with Gasteiger partial charge in [-0.15, -0.1) is 0 Å². The highest BCUT2D eigenvalue weighted by Crippen LogP contribution is 2.25. The van der Waals surface area contributed by atoms with Gasteiger partial charge in [0, 0.05) is 59.3 Å². The molecule has 0 spiro atoms. The second-order valence-corrected chi connectivity index (χ2v) is 9.19. The summed E-state index contributed by atoms with van der Waals surface area (Å²) in [6.45, 7) is 0.0172. The summed E-state index contributed by atoms with van der Waals surface area (Å²) >= 11 is 6.10. The number of amides is 1. The van der Waals surface area contributed by atoms with Crippen molar-refractivity contribution in [2.45, 2.75) is 19.6 Å². The number of nitrogens with zero attached hydrogens (tertiary/aromatic N) is 2. The molecule has 0 radical (unpaired) electrons. The largest absolute Gasteiger partial charge is 0.360 e. The molecule has 5 aromatic rings. The van der Waals surface area contributed by atoms with Crippen LogP contribution >= 0.6 is 11.6 Å². The zero-order chi connectivity index (χ0) is 26.8. The highest BCUT2D eigenvalue weighted by molar-refractivity contribution is 6.35. The van der Waals surface area contributed by atoms with Crippen LogP contribution in [0.15, 0.2) is 88.8 Å². The molecular formula is C28H21ClF2N4O3. The first-order valence-corrected chi connectivity index (χ1v) is 12.0. The van der Waals surface area contributed by atoms with Crippen LogP contribution in [0.4, 0.5) is 8.78 Å². The first-order valence-electron chi connectivity index (χ1n) is 11.6. The number of aromatic nitrogens is 3. The van der Waals surface area contributed by atoms with Gasteiger partial charge in [0.05, 0.1) is 23.7 Å². The molecule has 0 unspecified atom stereocenters. The van der Waals surface area contributed by atoms with E-state index in [4.69, 9.17) is 11.6 Å². The lowest BCUT2D eigenvalue weighted by molar-refractivity contribution is 0.0949. The first kappa shape index (κ1) is 25.2. The summed E-state index contributed by atoms with van der Waals surface area (Å²) in [5.74, 6) is -1.51. The Hall–Kier alpha value is -4.50. The fourth-order valence-electron chi connectivity index (χ4n) is 4.15. The van der Waals surface area contributed by atoms with Gasteiger partial charge in [0.1, 0.15) is 11.6 Å². The molecule has 3 heterocycles. The maximum atomic E-state index is 14.8. The SMILES string of the molecule is O=C(NCc1cc2c(Cl)c[nH]c2cc1F)c1ccc(=O)n(Cc2ccc(Cn3ccccc3=O)c(F)c2)c1. The van der Waals surface area contributed by atoms with Gasteiger partial charge < -0.3 is 19.4 Å². The molecule has 10 heteroatoms. The van der Waals surface area contributed by atoms with Crippen molar-refractivity contribution in [1.29, 1.82) is 0 Å². The predicted octanol–water partition coefficient (Wildman–Crippen LogP) is 4.45. The molecule has 7 nitrogen and oxygen atoms in total. The Labute approximate surface area is 219 Å². The molecule has 0 aliphatic heterocycles. The molecule has 0 saturated heterocycles. The van der Waals surface area contributed by atoms with Crippen molar-refractivity contribution in [3.8, 4) is 0 Å². The van der Waals surface area contributed by atoms with Crippen molar-refractivity contribution in [2.75, 3.05) is 0 Å². The summed E-state index contributed by atoms with van der Waals surface area (Å²) in [4.78, 5) is 40.0. The van der Waals surface area contributed by atoms with E-state index in [0.717, 1.165) is 0 Å². The molecule has 3 aromatic heterocycles. The van der Waals surface area contributed by atoms with Crippen LogP contribution in [-0.4, -0.2) is 20.0 Å². The summed E-state index contributed by atoms with van der Waals surface area (Å²) in [5.41, 5.74) is 1.21. The van der Waals surface area contributed by atoms with Crippen LogP contribution in [0, 0.1) is 11.6 Å². The topological polar surface area (TPSA) is 88.9 Å². The van der Waals surface area contributed by atoms with Crippen molar-refractivity contribution in [3.05, 3.63) is 139 Å². The fourth-order valence-corrected chi connectivity index (χ4v) is 4.36. The third kappa shape index (κ3) is 5.28. The monoisotopic (exact) mass is 534 g/mol. The van der Waals surface area contributed by atoms with Gasteiger partial charge in [-0.1, -0.05) is 29.8 Å². The number of nitrogens with one attached hydrogen (secondary N) is 2. The van der Waals surface area contributed by atoms with E-state index in [-0.39, 0.29) is 41.9 Å². The lowest BCUT2D eigenvalue weighted by atomic mass is 10.1. The van der Waals surface area contributed by atoms with E-state index in [1.165, 1.54) is 45.7 Å². The van der Waals surface area contributed by atoms with Crippen LogP contribution in [0.3, 0.4) is 0 Å². The molecule has 2 aromatic carbocycles. The van der Waals surface area contributed by atoms with Gasteiger partial charge >= 0.3 is 0 Å². The van der Waals surface area contributed by atoms with E-state index >= 15 is 0 Å². The lowest BCUT2D eigenvalue weighted by Gasteiger charge is -2.11. The molecule has 5 rings (SSSR count). The highest BCUT2D eigenvalue weighted by atomic mass is 35.5. The maximum Gasteiger partial charge on any atom is 0.253 e. The number of benzene rings is 2. The molecule has 0 aliphatic carbocycles. The zero-order valence-electron chi connectivity index (χ0n) is 19.9. The number of H-pyrrole nitrogens is 1. The molecule has 2 N–H and O–H groups in total. The number of pyridine rings is 2. The molecule has 0 saturated carbocycles. The van der Waals surface area contributed by atoms with Gasteiger partial charge in [-0.2, -0.15) is 0 Å². The van der Waals surface area contributed by atoms with Crippen LogP contribution in [-0.2, 0) is 19.6 Å². The zero-order valence-corrected chi connectivity index (χ0v) is 20.6. The van der Waals surface area contributed by atoms with E-state index in [2.05, 4.69) is 10.3 Å². The molecule has 38 heavy (non-hydrogen) atoms. The standard InChI is InChI=1S/C28H21ClF2N4O3/c29-22-13-32-25-11-24(31)20(10-21(22)25)12-33-28(38)19-6-7-27(37)35(16-19)14-17-4-5-18(23(30)9-17)15-34-8-2-1-3-26(34)36/h1-11,13,16,32H,12,14-15H2,(H,33,38). The normalized spacial score (nSPS) is 11.1. The number of carbonyl (C=O) groups excluding carboxylic acids is 1. The van der Waals surface area contributed by atoms with Crippen molar-refractivity contribution < 1.29 is 13.6 Å². The van der Waals surface area contributed by atoms with Crippen molar-refractivity contribution in [3.63, 3.8) is 0 Å². The van der Waals surface area contributed by atoms with Crippen LogP contribution < -0.4 is 16.4 Å². The predicted molar refractivity (Wildman–Crippen MR) is 140 cm³/mol. The lowest BCUT2D eigenvalue weighted by Crippen LogP contribution is -2.27.